The predicted molar refractivity (Wildman–Crippen MR) is 121 cm³/mol. The van der Waals surface area contributed by atoms with E-state index in [0.717, 1.165) is 18.2 Å². The van der Waals surface area contributed by atoms with E-state index in [1.807, 2.05) is 0 Å². The molecule has 0 saturated carbocycles. The molecule has 2 atom stereocenters. The summed E-state index contributed by atoms with van der Waals surface area (Å²) in [6.45, 7) is -0.993. The molecule has 200 valence electrons. The quantitative estimate of drug-likeness (QED) is 0.242. The Balaban J connectivity index is 1.96. The topological polar surface area (TPSA) is 50.7 Å². The Morgan fingerprint density at radius 3 is 2.05 bits per heavy atom. The van der Waals surface area contributed by atoms with Gasteiger partial charge in [-0.25, -0.2) is 4.39 Å². The van der Waals surface area contributed by atoms with Gasteiger partial charge in [0.1, 0.15) is 23.1 Å². The molecule has 0 spiro atoms. The Morgan fingerprint density at radius 1 is 0.865 bits per heavy atom. The van der Waals surface area contributed by atoms with Gasteiger partial charge in [0.05, 0.1) is 10.5 Å². The van der Waals surface area contributed by atoms with E-state index in [-0.39, 0.29) is 22.6 Å². The van der Waals surface area contributed by atoms with Gasteiger partial charge < -0.3 is 19.9 Å². The molecule has 0 aliphatic carbocycles. The third-order valence-corrected chi connectivity index (χ3v) is 5.56. The highest BCUT2D eigenvalue weighted by molar-refractivity contribution is 9.10. The van der Waals surface area contributed by atoms with Crippen molar-refractivity contribution in [3.8, 4) is 17.2 Å². The zero-order chi connectivity index (χ0) is 27.4. The van der Waals surface area contributed by atoms with Crippen LogP contribution in [0.4, 0.5) is 35.1 Å². The third-order valence-electron chi connectivity index (χ3n) is 4.91. The second-order valence-electron chi connectivity index (χ2n) is 7.69. The SMILES string of the molecule is O[C@H](CNC(c1cccc(Oc2cc(F)ccc2Br)c1)c1cccc(OC(F)(F)C(F)F)c1)C(F)(F)F. The Hall–Kier alpha value is -2.90. The Bertz CT molecular complexity index is 1210. The van der Waals surface area contributed by atoms with E-state index in [2.05, 4.69) is 26.0 Å². The van der Waals surface area contributed by atoms with Gasteiger partial charge in [0, 0.05) is 12.6 Å². The molecule has 0 aliphatic heterocycles. The molecule has 37 heavy (non-hydrogen) atoms. The summed E-state index contributed by atoms with van der Waals surface area (Å²) in [5, 5.41) is 11.9. The molecule has 1 unspecified atom stereocenters. The summed E-state index contributed by atoms with van der Waals surface area (Å²) in [6, 6.07) is 12.8. The number of halogens is 9. The lowest BCUT2D eigenvalue weighted by atomic mass is 9.98. The first-order valence-corrected chi connectivity index (χ1v) is 11.2. The van der Waals surface area contributed by atoms with Gasteiger partial charge in [-0.1, -0.05) is 24.3 Å². The number of aliphatic hydroxyl groups is 1. The van der Waals surface area contributed by atoms with Crippen molar-refractivity contribution in [2.24, 2.45) is 0 Å². The van der Waals surface area contributed by atoms with Crippen LogP contribution in [-0.4, -0.2) is 36.5 Å². The van der Waals surface area contributed by atoms with E-state index in [1.54, 1.807) is 0 Å². The van der Waals surface area contributed by atoms with Crippen LogP contribution >= 0.6 is 15.9 Å². The smallest absolute Gasteiger partial charge is 0.456 e. The molecule has 4 nitrogen and oxygen atoms in total. The predicted octanol–water partition coefficient (Wildman–Crippen LogP) is 7.22. The summed E-state index contributed by atoms with van der Waals surface area (Å²) in [6.07, 6.45) is -16.6. The van der Waals surface area contributed by atoms with Crippen LogP contribution in [0.15, 0.2) is 71.2 Å². The first-order valence-electron chi connectivity index (χ1n) is 10.4. The van der Waals surface area contributed by atoms with Crippen molar-refractivity contribution in [3.63, 3.8) is 0 Å². The molecule has 0 aromatic heterocycles. The molecule has 0 bridgehead atoms. The van der Waals surface area contributed by atoms with E-state index >= 15 is 0 Å². The van der Waals surface area contributed by atoms with Gasteiger partial charge in [-0.15, -0.1) is 0 Å². The summed E-state index contributed by atoms with van der Waals surface area (Å²) >= 11 is 3.21. The van der Waals surface area contributed by atoms with Crippen LogP contribution in [0.25, 0.3) is 0 Å². The minimum absolute atomic E-state index is 0.0565. The zero-order valence-electron chi connectivity index (χ0n) is 18.5. The molecule has 0 amide bonds. The normalized spacial score (nSPS) is 13.9. The number of aliphatic hydroxyl groups excluding tert-OH is 1. The number of hydrogen-bond acceptors (Lipinski definition) is 4. The number of nitrogens with one attached hydrogen (secondary N) is 1. The summed E-state index contributed by atoms with van der Waals surface area (Å²) in [4.78, 5) is 0. The molecule has 0 fully saturated rings. The molecule has 0 radical (unpaired) electrons. The van der Waals surface area contributed by atoms with Crippen LogP contribution in [0, 0.1) is 5.82 Å². The summed E-state index contributed by atoms with van der Waals surface area (Å²) in [7, 11) is 0. The highest BCUT2D eigenvalue weighted by Gasteiger charge is 2.44. The number of benzene rings is 3. The van der Waals surface area contributed by atoms with Crippen molar-refractivity contribution in [1.29, 1.82) is 0 Å². The fourth-order valence-electron chi connectivity index (χ4n) is 3.17. The average Bonchev–Trinajstić information content (AvgIpc) is 2.81. The van der Waals surface area contributed by atoms with Crippen molar-refractivity contribution < 1.29 is 49.7 Å². The Morgan fingerprint density at radius 2 is 1.46 bits per heavy atom. The molecule has 3 aromatic rings. The molecule has 3 aromatic carbocycles. The van der Waals surface area contributed by atoms with Crippen molar-refractivity contribution in [3.05, 3.63) is 88.1 Å². The average molecular weight is 600 g/mol. The lowest BCUT2D eigenvalue weighted by Crippen LogP contribution is -2.40. The van der Waals surface area contributed by atoms with E-state index in [0.29, 0.717) is 4.47 Å². The van der Waals surface area contributed by atoms with Crippen LogP contribution in [0.3, 0.4) is 0 Å². The van der Waals surface area contributed by atoms with Gasteiger partial charge in [-0.3, -0.25) is 0 Å². The molecule has 0 heterocycles. The van der Waals surface area contributed by atoms with Crippen molar-refractivity contribution >= 4 is 15.9 Å². The second kappa shape index (κ2) is 11.7. The Labute approximate surface area is 213 Å². The summed E-state index contributed by atoms with van der Waals surface area (Å²) < 4.78 is 114. The van der Waals surface area contributed by atoms with Gasteiger partial charge >= 0.3 is 18.7 Å². The fourth-order valence-corrected chi connectivity index (χ4v) is 3.50. The Kier molecular flexibility index (Phi) is 9.03. The number of ether oxygens (including phenoxy) is 2. The summed E-state index contributed by atoms with van der Waals surface area (Å²) in [5.74, 6) is -1.02. The van der Waals surface area contributed by atoms with Crippen molar-refractivity contribution in [1.82, 2.24) is 5.32 Å². The van der Waals surface area contributed by atoms with E-state index < -0.39 is 49.0 Å². The van der Waals surface area contributed by atoms with Gasteiger partial charge in [-0.2, -0.15) is 30.7 Å². The maximum absolute atomic E-state index is 13.6. The largest absolute Gasteiger partial charge is 0.461 e. The maximum Gasteiger partial charge on any atom is 0.461 e. The molecule has 13 heteroatoms. The molecule has 2 N–H and O–H groups in total. The lowest BCUT2D eigenvalue weighted by Gasteiger charge is -2.24. The zero-order valence-corrected chi connectivity index (χ0v) is 20.0. The third kappa shape index (κ3) is 7.79. The first-order chi connectivity index (χ1) is 17.3. The van der Waals surface area contributed by atoms with E-state index in [4.69, 9.17) is 4.74 Å². The van der Waals surface area contributed by atoms with Crippen molar-refractivity contribution in [2.45, 2.75) is 30.9 Å². The minimum Gasteiger partial charge on any atom is -0.456 e. The van der Waals surface area contributed by atoms with Crippen LogP contribution in [-0.2, 0) is 0 Å². The van der Waals surface area contributed by atoms with Crippen LogP contribution in [0.2, 0.25) is 0 Å². The first kappa shape index (κ1) is 28.7. The van der Waals surface area contributed by atoms with Crippen molar-refractivity contribution in [2.75, 3.05) is 6.54 Å². The monoisotopic (exact) mass is 599 g/mol. The highest BCUT2D eigenvalue weighted by Crippen LogP contribution is 2.34. The van der Waals surface area contributed by atoms with Gasteiger partial charge in [0.25, 0.3) is 0 Å². The van der Waals surface area contributed by atoms with Gasteiger partial charge in [0.2, 0.25) is 0 Å². The van der Waals surface area contributed by atoms with E-state index in [1.165, 1.54) is 48.5 Å². The molecule has 0 aliphatic rings. The standard InChI is InChI=1S/C24H18BrF8NO3/c25-18-8-7-15(26)11-19(18)36-16-5-1-3-13(9-16)21(34-12-20(35)23(29,30)31)14-4-2-6-17(10-14)37-24(32,33)22(27)28/h1-11,20-22,34-35H,12H2/t20-,21?/m1/s1. The molecule has 0 saturated heterocycles. The van der Waals surface area contributed by atoms with Crippen LogP contribution in [0.5, 0.6) is 17.2 Å². The highest BCUT2D eigenvalue weighted by atomic mass is 79.9. The fraction of sp³-hybridized carbons (Fsp3) is 0.250. The van der Waals surface area contributed by atoms with Crippen LogP contribution < -0.4 is 14.8 Å². The maximum atomic E-state index is 13.6. The van der Waals surface area contributed by atoms with Gasteiger partial charge in [0.15, 0.2) is 6.10 Å². The van der Waals surface area contributed by atoms with Gasteiger partial charge in [-0.05, 0) is 63.5 Å². The number of rotatable bonds is 10. The molecule has 3 rings (SSSR count). The molecular formula is C24H18BrF8NO3. The minimum atomic E-state index is -4.95. The van der Waals surface area contributed by atoms with E-state index in [9.17, 15) is 40.2 Å². The summed E-state index contributed by atoms with van der Waals surface area (Å²) in [5.41, 5.74) is 0.304. The number of hydrogen-bond donors (Lipinski definition) is 2. The van der Waals surface area contributed by atoms with Crippen LogP contribution in [0.1, 0.15) is 17.2 Å². The number of alkyl halides is 7. The molecular weight excluding hydrogens is 582 g/mol. The second-order valence-corrected chi connectivity index (χ2v) is 8.54. The lowest BCUT2D eigenvalue weighted by molar-refractivity contribution is -0.253.